The van der Waals surface area contributed by atoms with Crippen LogP contribution in [0.4, 0.5) is 5.82 Å². The molecule has 1 heterocycles. The van der Waals surface area contributed by atoms with Crippen molar-refractivity contribution >= 4 is 5.82 Å². The molecule has 0 aliphatic heterocycles. The minimum absolute atomic E-state index is 0.561. The second-order valence-corrected chi connectivity index (χ2v) is 5.82. The Morgan fingerprint density at radius 3 is 2.63 bits per heavy atom. The zero-order valence-corrected chi connectivity index (χ0v) is 11.9. The van der Waals surface area contributed by atoms with Gasteiger partial charge in [-0.3, -0.25) is 0 Å². The Labute approximate surface area is 115 Å². The summed E-state index contributed by atoms with van der Waals surface area (Å²) in [6, 6.07) is 0. The molecule has 0 spiro atoms. The van der Waals surface area contributed by atoms with E-state index in [1.165, 1.54) is 25.7 Å². The third-order valence-corrected chi connectivity index (χ3v) is 3.76. The molecule has 4 nitrogen and oxygen atoms in total. The van der Waals surface area contributed by atoms with Gasteiger partial charge in [-0.25, -0.2) is 4.98 Å². The Morgan fingerprint density at radius 2 is 2.00 bits per heavy atom. The highest BCUT2D eigenvalue weighted by molar-refractivity contribution is 5.49. The van der Waals surface area contributed by atoms with Crippen LogP contribution in [0.15, 0.2) is 0 Å². The van der Waals surface area contributed by atoms with E-state index >= 15 is 0 Å². The van der Waals surface area contributed by atoms with Crippen LogP contribution in [0.5, 0.6) is 5.88 Å². The molecule has 2 saturated carbocycles. The summed E-state index contributed by atoms with van der Waals surface area (Å²) in [5, 5.41) is 3.40. The van der Waals surface area contributed by atoms with E-state index in [1.807, 2.05) is 0 Å². The predicted molar refractivity (Wildman–Crippen MR) is 75.7 cm³/mol. The van der Waals surface area contributed by atoms with Crippen molar-refractivity contribution in [3.8, 4) is 5.88 Å². The average molecular weight is 261 g/mol. The van der Waals surface area contributed by atoms with Gasteiger partial charge < -0.3 is 10.1 Å². The Kier molecular flexibility index (Phi) is 3.58. The minimum Gasteiger partial charge on any atom is -0.477 e. The first-order chi connectivity index (χ1) is 9.28. The van der Waals surface area contributed by atoms with E-state index in [2.05, 4.69) is 29.1 Å². The lowest BCUT2D eigenvalue weighted by molar-refractivity contribution is 0.285. The molecule has 1 aromatic heterocycles. The third kappa shape index (κ3) is 3.17. The van der Waals surface area contributed by atoms with E-state index in [1.54, 1.807) is 0 Å². The van der Waals surface area contributed by atoms with E-state index in [9.17, 15) is 0 Å². The molecule has 0 saturated heterocycles. The molecule has 4 heteroatoms. The molecule has 1 N–H and O–H groups in total. The second kappa shape index (κ2) is 5.35. The zero-order chi connectivity index (χ0) is 13.2. The van der Waals surface area contributed by atoms with Crippen molar-refractivity contribution in [3.05, 3.63) is 11.4 Å². The summed E-state index contributed by atoms with van der Waals surface area (Å²) in [6.45, 7) is 5.98. The van der Waals surface area contributed by atoms with Crippen LogP contribution in [0, 0.1) is 12.8 Å². The van der Waals surface area contributed by atoms with Gasteiger partial charge in [-0.2, -0.15) is 4.98 Å². The molecular weight excluding hydrogens is 238 g/mol. The van der Waals surface area contributed by atoms with Crippen molar-refractivity contribution in [2.24, 2.45) is 5.92 Å². The lowest BCUT2D eigenvalue weighted by Gasteiger charge is -2.14. The Morgan fingerprint density at radius 1 is 1.21 bits per heavy atom. The quantitative estimate of drug-likeness (QED) is 0.818. The van der Waals surface area contributed by atoms with Gasteiger partial charge in [0.05, 0.1) is 12.2 Å². The van der Waals surface area contributed by atoms with Gasteiger partial charge in [0.2, 0.25) is 5.88 Å². The minimum atomic E-state index is 0.561. The van der Waals surface area contributed by atoms with E-state index in [-0.39, 0.29) is 0 Å². The van der Waals surface area contributed by atoms with Crippen LogP contribution in [0.25, 0.3) is 0 Å². The highest BCUT2D eigenvalue weighted by Crippen LogP contribution is 2.40. The molecule has 0 amide bonds. The van der Waals surface area contributed by atoms with E-state index in [0.29, 0.717) is 5.92 Å². The van der Waals surface area contributed by atoms with Crippen molar-refractivity contribution in [3.63, 3.8) is 0 Å². The van der Waals surface area contributed by atoms with Gasteiger partial charge >= 0.3 is 0 Å². The van der Waals surface area contributed by atoms with Gasteiger partial charge in [0.15, 0.2) is 0 Å². The summed E-state index contributed by atoms with van der Waals surface area (Å²) in [5.74, 6) is 4.04. The molecule has 2 fully saturated rings. The van der Waals surface area contributed by atoms with Crippen molar-refractivity contribution < 1.29 is 4.74 Å². The van der Waals surface area contributed by atoms with Crippen molar-refractivity contribution in [2.75, 3.05) is 18.5 Å². The fourth-order valence-corrected chi connectivity index (χ4v) is 2.07. The second-order valence-electron chi connectivity index (χ2n) is 5.82. The molecule has 0 atom stereocenters. The summed E-state index contributed by atoms with van der Waals surface area (Å²) < 4.78 is 5.91. The van der Waals surface area contributed by atoms with E-state index < -0.39 is 0 Å². The Bertz CT molecular complexity index is 453. The van der Waals surface area contributed by atoms with Gasteiger partial charge in [0.1, 0.15) is 11.6 Å². The van der Waals surface area contributed by atoms with Crippen molar-refractivity contribution in [1.82, 2.24) is 9.97 Å². The Hall–Kier alpha value is -1.32. The van der Waals surface area contributed by atoms with E-state index in [4.69, 9.17) is 4.74 Å². The number of nitrogens with zero attached hydrogens (tertiary/aromatic N) is 2. The molecule has 0 radical (unpaired) electrons. The first-order valence-corrected chi connectivity index (χ1v) is 7.53. The lowest BCUT2D eigenvalue weighted by Crippen LogP contribution is -2.10. The van der Waals surface area contributed by atoms with Crippen LogP contribution in [0.2, 0.25) is 0 Å². The van der Waals surface area contributed by atoms with Gasteiger partial charge in [-0.15, -0.1) is 0 Å². The molecule has 0 aromatic carbocycles. The maximum Gasteiger partial charge on any atom is 0.221 e. The summed E-state index contributed by atoms with van der Waals surface area (Å²) in [5.41, 5.74) is 1.05. The standard InChI is InChI=1S/C15H23N3O/c1-3-8-16-13-10(2)15(19-9-11-4-5-11)18-14(17-13)12-6-7-12/h11-12H,3-9H2,1-2H3,(H,16,17,18). The van der Waals surface area contributed by atoms with Crippen LogP contribution < -0.4 is 10.1 Å². The number of hydrogen-bond donors (Lipinski definition) is 1. The van der Waals surface area contributed by atoms with Gasteiger partial charge in [-0.05, 0) is 44.9 Å². The summed E-state index contributed by atoms with van der Waals surface area (Å²) in [6.07, 6.45) is 6.15. The summed E-state index contributed by atoms with van der Waals surface area (Å²) >= 11 is 0. The third-order valence-electron chi connectivity index (χ3n) is 3.76. The molecule has 0 unspecified atom stereocenters. The maximum atomic E-state index is 5.91. The number of rotatable bonds is 7. The first kappa shape index (κ1) is 12.7. The van der Waals surface area contributed by atoms with Crippen LogP contribution in [0.3, 0.4) is 0 Å². The van der Waals surface area contributed by atoms with Gasteiger partial charge in [-0.1, -0.05) is 6.92 Å². The molecule has 19 heavy (non-hydrogen) atoms. The van der Waals surface area contributed by atoms with Crippen LogP contribution in [0.1, 0.15) is 56.3 Å². The zero-order valence-electron chi connectivity index (χ0n) is 11.9. The normalized spacial score (nSPS) is 18.4. The highest BCUT2D eigenvalue weighted by atomic mass is 16.5. The molecule has 104 valence electrons. The van der Waals surface area contributed by atoms with Crippen LogP contribution in [-0.2, 0) is 0 Å². The first-order valence-electron chi connectivity index (χ1n) is 7.53. The summed E-state index contributed by atoms with van der Waals surface area (Å²) in [7, 11) is 0. The largest absolute Gasteiger partial charge is 0.477 e. The fraction of sp³-hybridized carbons (Fsp3) is 0.733. The topological polar surface area (TPSA) is 47.0 Å². The molecule has 2 aliphatic rings. The van der Waals surface area contributed by atoms with Crippen molar-refractivity contribution in [2.45, 2.75) is 51.9 Å². The smallest absolute Gasteiger partial charge is 0.221 e. The van der Waals surface area contributed by atoms with Crippen LogP contribution in [-0.4, -0.2) is 23.1 Å². The number of anilines is 1. The number of ether oxygens (including phenoxy) is 1. The lowest BCUT2D eigenvalue weighted by atomic mass is 10.3. The average Bonchev–Trinajstić information content (AvgIpc) is 3.29. The van der Waals surface area contributed by atoms with Crippen LogP contribution >= 0.6 is 0 Å². The maximum absolute atomic E-state index is 5.91. The van der Waals surface area contributed by atoms with Crippen molar-refractivity contribution in [1.29, 1.82) is 0 Å². The molecular formula is C15H23N3O. The van der Waals surface area contributed by atoms with Gasteiger partial charge in [0, 0.05) is 12.5 Å². The monoisotopic (exact) mass is 261 g/mol. The van der Waals surface area contributed by atoms with Gasteiger partial charge in [0.25, 0.3) is 0 Å². The number of aromatic nitrogens is 2. The molecule has 0 bridgehead atoms. The predicted octanol–water partition coefficient (Wildman–Crippen LogP) is 3.27. The fourth-order valence-electron chi connectivity index (χ4n) is 2.07. The number of hydrogen-bond acceptors (Lipinski definition) is 4. The Balaban J connectivity index is 1.79. The molecule has 1 aromatic rings. The molecule has 2 aliphatic carbocycles. The SMILES string of the molecule is CCCNc1nc(C2CC2)nc(OCC2CC2)c1C. The summed E-state index contributed by atoms with van der Waals surface area (Å²) in [4.78, 5) is 9.30. The highest BCUT2D eigenvalue weighted by Gasteiger charge is 2.29. The molecule has 3 rings (SSSR count). The number of nitrogens with one attached hydrogen (secondary N) is 1. The van der Waals surface area contributed by atoms with E-state index in [0.717, 1.165) is 48.6 Å².